The highest BCUT2D eigenvalue weighted by atomic mass is 35.5. The fourth-order valence-electron chi connectivity index (χ4n) is 4.12. The minimum absolute atomic E-state index is 0.433. The third-order valence-electron chi connectivity index (χ3n) is 6.53. The van der Waals surface area contributed by atoms with Gasteiger partial charge in [-0.05, 0) is 62.1 Å². The summed E-state index contributed by atoms with van der Waals surface area (Å²) >= 11 is 6.50. The Morgan fingerprint density at radius 2 is 1.90 bits per heavy atom. The lowest BCUT2D eigenvalue weighted by atomic mass is 9.91. The number of hydrogen-bond donors (Lipinski definition) is 3. The van der Waals surface area contributed by atoms with Gasteiger partial charge in [-0.2, -0.15) is 0 Å². The number of rotatable bonds is 10. The molecule has 168 valence electrons. The normalized spacial score (nSPS) is 22.2. The van der Waals surface area contributed by atoms with Crippen molar-refractivity contribution >= 4 is 23.1 Å². The Labute approximate surface area is 190 Å². The van der Waals surface area contributed by atoms with E-state index >= 15 is 0 Å². The van der Waals surface area contributed by atoms with Crippen LogP contribution in [0.5, 0.6) is 0 Å². The molecule has 2 aliphatic carbocycles. The van der Waals surface area contributed by atoms with Crippen LogP contribution in [-0.2, 0) is 4.74 Å². The number of methoxy groups -OCH3 is 1. The van der Waals surface area contributed by atoms with Crippen LogP contribution < -0.4 is 16.0 Å². The van der Waals surface area contributed by atoms with Crippen molar-refractivity contribution in [2.45, 2.75) is 57.5 Å². The molecule has 2 saturated carbocycles. The number of aromatic nitrogens is 2. The summed E-state index contributed by atoms with van der Waals surface area (Å²) in [6.07, 6.45) is 10.7. The van der Waals surface area contributed by atoms with Gasteiger partial charge in [0.1, 0.15) is 5.82 Å². The molecule has 3 N–H and O–H groups in total. The number of pyridine rings is 2. The molecular weight excluding hydrogens is 410 g/mol. The Morgan fingerprint density at radius 1 is 1.13 bits per heavy atom. The second kappa shape index (κ2) is 10.2. The van der Waals surface area contributed by atoms with E-state index in [-0.39, 0.29) is 0 Å². The Hall–Kier alpha value is -1.89. The molecule has 0 radical (unpaired) electrons. The maximum absolute atomic E-state index is 6.50. The van der Waals surface area contributed by atoms with Gasteiger partial charge < -0.3 is 20.7 Å². The lowest BCUT2D eigenvalue weighted by Crippen LogP contribution is -2.38. The van der Waals surface area contributed by atoms with Crippen LogP contribution in [0.3, 0.4) is 0 Å². The first-order valence-electron chi connectivity index (χ1n) is 11.4. The highest BCUT2D eigenvalue weighted by Crippen LogP contribution is 2.44. The van der Waals surface area contributed by atoms with Gasteiger partial charge in [0, 0.05) is 55.9 Å². The van der Waals surface area contributed by atoms with Crippen LogP contribution in [0.25, 0.3) is 11.3 Å². The van der Waals surface area contributed by atoms with E-state index in [4.69, 9.17) is 16.3 Å². The predicted octanol–water partition coefficient (Wildman–Crippen LogP) is 4.97. The summed E-state index contributed by atoms with van der Waals surface area (Å²) in [6.45, 7) is 5.00. The van der Waals surface area contributed by atoms with E-state index in [1.807, 2.05) is 18.3 Å². The zero-order valence-electron chi connectivity index (χ0n) is 18.6. The lowest BCUT2D eigenvalue weighted by Gasteiger charge is -2.30. The lowest BCUT2D eigenvalue weighted by molar-refractivity contribution is 0.191. The number of nitrogens with zero attached hydrogens (tertiary/aromatic N) is 2. The summed E-state index contributed by atoms with van der Waals surface area (Å²) in [5.41, 5.74) is 3.32. The van der Waals surface area contributed by atoms with E-state index in [1.165, 1.54) is 12.8 Å². The fourth-order valence-corrected chi connectivity index (χ4v) is 4.32. The fraction of sp³-hybridized carbons (Fsp3) is 0.583. The molecule has 0 amide bonds. The van der Waals surface area contributed by atoms with Crippen molar-refractivity contribution in [2.24, 2.45) is 5.41 Å². The zero-order chi connectivity index (χ0) is 21.7. The molecule has 2 aromatic heterocycles. The quantitative estimate of drug-likeness (QED) is 0.450. The summed E-state index contributed by atoms with van der Waals surface area (Å²) in [4.78, 5) is 9.08. The first kappa shape index (κ1) is 22.3. The second-order valence-electron chi connectivity index (χ2n) is 9.28. The smallest absolute Gasteiger partial charge is 0.126 e. The second-order valence-corrected chi connectivity index (χ2v) is 9.69. The zero-order valence-corrected chi connectivity index (χ0v) is 19.3. The van der Waals surface area contributed by atoms with E-state index < -0.39 is 0 Å². The van der Waals surface area contributed by atoms with Crippen LogP contribution >= 0.6 is 11.6 Å². The molecule has 0 aliphatic heterocycles. The van der Waals surface area contributed by atoms with Gasteiger partial charge in [-0.25, -0.2) is 4.98 Å². The minimum Gasteiger partial charge on any atom is -0.384 e. The monoisotopic (exact) mass is 443 g/mol. The van der Waals surface area contributed by atoms with Gasteiger partial charge in [0.15, 0.2) is 0 Å². The van der Waals surface area contributed by atoms with Gasteiger partial charge in [-0.1, -0.05) is 18.5 Å². The third kappa shape index (κ3) is 6.31. The van der Waals surface area contributed by atoms with Gasteiger partial charge in [0.05, 0.1) is 17.3 Å². The molecule has 7 heteroatoms. The number of nitrogens with one attached hydrogen (secondary N) is 3. The van der Waals surface area contributed by atoms with Crippen molar-refractivity contribution in [3.05, 3.63) is 35.6 Å². The summed E-state index contributed by atoms with van der Waals surface area (Å²) in [7, 11) is 1.74. The standard InChI is InChI=1S/C24H34ClN5O/c1-24(8-9-24)16-29-19-7-10-27-22(13-19)20-14-23(28-15-21(20)25)30-18-5-3-17(4-6-18)26-11-12-31-2/h7,10,13-15,17-18,26H,3-6,8-9,11-12,16H2,1-2H3,(H,27,29)(H,28,30). The molecule has 2 aromatic rings. The van der Waals surface area contributed by atoms with Crippen molar-refractivity contribution in [1.29, 1.82) is 0 Å². The maximum atomic E-state index is 6.50. The van der Waals surface area contributed by atoms with Crippen molar-refractivity contribution in [2.75, 3.05) is 37.4 Å². The van der Waals surface area contributed by atoms with Crippen molar-refractivity contribution < 1.29 is 4.74 Å². The van der Waals surface area contributed by atoms with Crippen molar-refractivity contribution in [1.82, 2.24) is 15.3 Å². The summed E-state index contributed by atoms with van der Waals surface area (Å²) in [6, 6.07) is 7.14. The number of ether oxygens (including phenoxy) is 1. The number of halogens is 1. The SMILES string of the molecule is COCCNC1CCC(Nc2cc(-c3cc(NCC4(C)CC4)ccn3)c(Cl)cn2)CC1. The minimum atomic E-state index is 0.433. The third-order valence-corrected chi connectivity index (χ3v) is 6.83. The van der Waals surface area contributed by atoms with Gasteiger partial charge in [0.2, 0.25) is 0 Å². The molecule has 6 nitrogen and oxygen atoms in total. The van der Waals surface area contributed by atoms with Crippen molar-refractivity contribution in [3.8, 4) is 11.3 Å². The van der Waals surface area contributed by atoms with E-state index in [2.05, 4.69) is 38.9 Å². The molecule has 0 aromatic carbocycles. The molecule has 2 fully saturated rings. The highest BCUT2D eigenvalue weighted by Gasteiger charge is 2.36. The Kier molecular flexibility index (Phi) is 7.31. The van der Waals surface area contributed by atoms with Crippen LogP contribution in [0, 0.1) is 5.41 Å². The molecule has 0 saturated heterocycles. The number of anilines is 2. The Morgan fingerprint density at radius 3 is 2.65 bits per heavy atom. The largest absolute Gasteiger partial charge is 0.384 e. The van der Waals surface area contributed by atoms with Crippen LogP contribution in [0.1, 0.15) is 45.4 Å². The summed E-state index contributed by atoms with van der Waals surface area (Å²) in [5.74, 6) is 0.862. The van der Waals surface area contributed by atoms with Crippen LogP contribution in [-0.4, -0.2) is 48.9 Å². The maximum Gasteiger partial charge on any atom is 0.126 e. The van der Waals surface area contributed by atoms with Crippen molar-refractivity contribution in [3.63, 3.8) is 0 Å². The molecule has 4 rings (SSSR count). The summed E-state index contributed by atoms with van der Waals surface area (Å²) in [5, 5.41) is 11.4. The average molecular weight is 444 g/mol. The molecule has 0 unspecified atom stereocenters. The first-order valence-corrected chi connectivity index (χ1v) is 11.8. The molecule has 0 atom stereocenters. The molecule has 0 bridgehead atoms. The molecule has 2 aliphatic rings. The van der Waals surface area contributed by atoms with Gasteiger partial charge >= 0.3 is 0 Å². The topological polar surface area (TPSA) is 71.1 Å². The molecule has 0 spiro atoms. The average Bonchev–Trinajstić information content (AvgIpc) is 3.53. The van der Waals surface area contributed by atoms with Gasteiger partial charge in [-0.15, -0.1) is 0 Å². The predicted molar refractivity (Wildman–Crippen MR) is 128 cm³/mol. The Bertz CT molecular complexity index is 865. The summed E-state index contributed by atoms with van der Waals surface area (Å²) < 4.78 is 5.13. The van der Waals surface area contributed by atoms with E-state index in [9.17, 15) is 0 Å². The van der Waals surface area contributed by atoms with Crippen LogP contribution in [0.4, 0.5) is 11.5 Å². The van der Waals surface area contributed by atoms with Gasteiger partial charge in [0.25, 0.3) is 0 Å². The molecule has 31 heavy (non-hydrogen) atoms. The first-order chi connectivity index (χ1) is 15.0. The van der Waals surface area contributed by atoms with Crippen LogP contribution in [0.2, 0.25) is 5.02 Å². The molecule has 2 heterocycles. The highest BCUT2D eigenvalue weighted by molar-refractivity contribution is 6.33. The number of hydrogen-bond acceptors (Lipinski definition) is 6. The van der Waals surface area contributed by atoms with E-state index in [0.717, 1.165) is 68.1 Å². The van der Waals surface area contributed by atoms with E-state index in [1.54, 1.807) is 13.3 Å². The van der Waals surface area contributed by atoms with Gasteiger partial charge in [-0.3, -0.25) is 4.98 Å². The molecular formula is C24H34ClN5O. The van der Waals surface area contributed by atoms with E-state index in [0.29, 0.717) is 22.5 Å². The van der Waals surface area contributed by atoms with Crippen LogP contribution in [0.15, 0.2) is 30.6 Å². The Balaban J connectivity index is 1.36.